The van der Waals surface area contributed by atoms with E-state index in [0.717, 1.165) is 5.56 Å². The third-order valence-electron chi connectivity index (χ3n) is 7.68. The summed E-state index contributed by atoms with van der Waals surface area (Å²) >= 11 is 0. The number of nitro benzene ring substituents is 1. The van der Waals surface area contributed by atoms with Crippen molar-refractivity contribution in [3.63, 3.8) is 0 Å². The van der Waals surface area contributed by atoms with Crippen LogP contribution in [0, 0.1) is 16.0 Å². The number of hydrogen-bond acceptors (Lipinski definition) is 9. The van der Waals surface area contributed by atoms with Gasteiger partial charge in [0.05, 0.1) is 24.2 Å². The van der Waals surface area contributed by atoms with Gasteiger partial charge in [0.1, 0.15) is 11.7 Å². The molecule has 0 spiro atoms. The number of carbonyl (C=O) groups is 2. The number of nitro groups is 1. The maximum absolute atomic E-state index is 13.9. The molecule has 0 saturated heterocycles. The van der Waals surface area contributed by atoms with Crippen molar-refractivity contribution in [2.45, 2.75) is 58.0 Å². The van der Waals surface area contributed by atoms with Gasteiger partial charge in [0.25, 0.3) is 5.69 Å². The fourth-order valence-corrected chi connectivity index (χ4v) is 5.52. The van der Waals surface area contributed by atoms with E-state index < -0.39 is 22.7 Å². The summed E-state index contributed by atoms with van der Waals surface area (Å²) in [6.45, 7) is 5.31. The second-order valence-corrected chi connectivity index (χ2v) is 10.0. The first-order valence-electron chi connectivity index (χ1n) is 13.0. The van der Waals surface area contributed by atoms with Crippen LogP contribution in [-0.4, -0.2) is 42.4 Å². The molecule has 2 aromatic carbocycles. The maximum atomic E-state index is 13.9. The number of aliphatic imine (C=N–C) groups is 1. The van der Waals surface area contributed by atoms with Crippen LogP contribution in [0.1, 0.15) is 63.0 Å². The molecule has 5 rings (SSSR count). The summed E-state index contributed by atoms with van der Waals surface area (Å²) in [6, 6.07) is 10.4. The summed E-state index contributed by atoms with van der Waals surface area (Å²) in [4.78, 5) is 43.8. The van der Waals surface area contributed by atoms with Crippen LogP contribution in [0.3, 0.4) is 0 Å². The number of carbonyl (C=O) groups excluding carboxylic acids is 2. The van der Waals surface area contributed by atoms with E-state index in [9.17, 15) is 19.7 Å². The zero-order valence-corrected chi connectivity index (χ0v) is 22.3. The Bertz CT molecular complexity index is 1390. The Labute approximate surface area is 225 Å². The minimum absolute atomic E-state index is 0.0724. The van der Waals surface area contributed by atoms with E-state index in [0.29, 0.717) is 41.3 Å². The van der Waals surface area contributed by atoms with Gasteiger partial charge in [-0.05, 0) is 56.4 Å². The first kappa shape index (κ1) is 26.4. The Morgan fingerprint density at radius 2 is 1.87 bits per heavy atom. The number of Topliss-reactive ketones (excluding diaryl/α,β-unsaturated/α-hetero) is 1. The first-order valence-corrected chi connectivity index (χ1v) is 13.0. The fourth-order valence-electron chi connectivity index (χ4n) is 5.52. The number of ketones is 1. The Morgan fingerprint density at radius 1 is 1.18 bits per heavy atom. The van der Waals surface area contributed by atoms with Crippen LogP contribution < -0.4 is 14.2 Å². The highest BCUT2D eigenvalue weighted by Crippen LogP contribution is 2.51. The number of methoxy groups -OCH3 is 1. The van der Waals surface area contributed by atoms with Crippen molar-refractivity contribution in [2.75, 3.05) is 13.9 Å². The number of allylic oxidation sites excluding steroid dienone is 2. The summed E-state index contributed by atoms with van der Waals surface area (Å²) in [5, 5.41) is 12.2. The number of ether oxygens (including phenoxy) is 4. The van der Waals surface area contributed by atoms with Crippen molar-refractivity contribution < 1.29 is 33.5 Å². The highest BCUT2D eigenvalue weighted by Gasteiger charge is 2.47. The molecule has 10 nitrogen and oxygen atoms in total. The van der Waals surface area contributed by atoms with Gasteiger partial charge in [0.15, 0.2) is 17.3 Å². The Hall–Kier alpha value is -4.21. The van der Waals surface area contributed by atoms with E-state index in [2.05, 4.69) is 0 Å². The van der Waals surface area contributed by atoms with Gasteiger partial charge < -0.3 is 18.9 Å². The lowest BCUT2D eigenvalue weighted by Gasteiger charge is -2.36. The molecule has 1 aliphatic carbocycles. The van der Waals surface area contributed by atoms with E-state index >= 15 is 0 Å². The van der Waals surface area contributed by atoms with Crippen LogP contribution in [0.15, 0.2) is 52.7 Å². The average molecular weight is 535 g/mol. The molecule has 0 saturated carbocycles. The first-order chi connectivity index (χ1) is 18.7. The SMILES string of the molecule is CCC(C)OC(=O)C1C(C)=NC2=C(C(=O)CC(c3ccc(OC)cc3)C2)C1c1cc2c(cc1[N+](=O)[O-])OCO2. The van der Waals surface area contributed by atoms with Gasteiger partial charge >= 0.3 is 5.97 Å². The average Bonchev–Trinajstić information content (AvgIpc) is 3.39. The molecule has 10 heteroatoms. The molecule has 0 radical (unpaired) electrons. The zero-order valence-electron chi connectivity index (χ0n) is 22.3. The van der Waals surface area contributed by atoms with Gasteiger partial charge in [-0.25, -0.2) is 0 Å². The molecule has 0 amide bonds. The third kappa shape index (κ3) is 4.86. The van der Waals surface area contributed by atoms with Gasteiger partial charge in [0.2, 0.25) is 6.79 Å². The number of nitrogens with zero attached hydrogens (tertiary/aromatic N) is 2. The Kier molecular flexibility index (Phi) is 7.12. The second kappa shape index (κ2) is 10.5. The van der Waals surface area contributed by atoms with Gasteiger partial charge in [-0.3, -0.25) is 24.7 Å². The van der Waals surface area contributed by atoms with Crippen molar-refractivity contribution in [1.29, 1.82) is 0 Å². The Balaban J connectivity index is 1.64. The van der Waals surface area contributed by atoms with Crippen molar-refractivity contribution in [2.24, 2.45) is 10.9 Å². The number of benzene rings is 2. The quantitative estimate of drug-likeness (QED) is 0.268. The molecular formula is C29H30N2O8. The molecule has 3 aliphatic rings. The smallest absolute Gasteiger partial charge is 0.315 e. The van der Waals surface area contributed by atoms with Crippen LogP contribution in [0.5, 0.6) is 17.2 Å². The molecule has 2 heterocycles. The molecule has 4 unspecified atom stereocenters. The number of fused-ring (bicyclic) bond motifs is 1. The summed E-state index contributed by atoms with van der Waals surface area (Å²) < 4.78 is 21.8. The third-order valence-corrected chi connectivity index (χ3v) is 7.68. The molecule has 39 heavy (non-hydrogen) atoms. The molecule has 0 N–H and O–H groups in total. The minimum atomic E-state index is -1.00. The number of rotatable bonds is 7. The lowest BCUT2D eigenvalue weighted by atomic mass is 9.69. The van der Waals surface area contributed by atoms with Crippen LogP contribution in [-0.2, 0) is 14.3 Å². The van der Waals surface area contributed by atoms with E-state index in [4.69, 9.17) is 23.9 Å². The van der Waals surface area contributed by atoms with Gasteiger partial charge in [-0.15, -0.1) is 0 Å². The van der Waals surface area contributed by atoms with Crippen molar-refractivity contribution in [3.05, 3.63) is 68.9 Å². The van der Waals surface area contributed by atoms with E-state index in [1.807, 2.05) is 31.2 Å². The van der Waals surface area contributed by atoms with Crippen molar-refractivity contribution in [1.82, 2.24) is 0 Å². The summed E-state index contributed by atoms with van der Waals surface area (Å²) in [5.41, 5.74) is 2.22. The molecule has 4 atom stereocenters. The predicted molar refractivity (Wildman–Crippen MR) is 141 cm³/mol. The van der Waals surface area contributed by atoms with Crippen LogP contribution in [0.25, 0.3) is 0 Å². The standard InChI is InChI=1S/C29H30N2O8/c1-5-15(2)39-29(33)26-16(3)30-21-10-18(17-6-8-19(36-4)9-7-17)11-23(32)28(21)27(26)20-12-24-25(38-14-37-24)13-22(20)31(34)35/h6-9,12-13,15,18,26-27H,5,10-11,14H2,1-4H3. The van der Waals surface area contributed by atoms with Gasteiger partial charge in [0, 0.05) is 34.9 Å². The predicted octanol–water partition coefficient (Wildman–Crippen LogP) is 5.25. The normalized spacial score (nSPS) is 22.6. The van der Waals surface area contributed by atoms with E-state index in [1.54, 1.807) is 21.0 Å². The molecule has 0 fully saturated rings. The molecular weight excluding hydrogens is 504 g/mol. The number of esters is 1. The summed E-state index contributed by atoms with van der Waals surface area (Å²) in [7, 11) is 1.59. The van der Waals surface area contributed by atoms with Crippen LogP contribution >= 0.6 is 0 Å². The molecule has 2 aliphatic heterocycles. The van der Waals surface area contributed by atoms with Crippen LogP contribution in [0.4, 0.5) is 5.69 Å². The van der Waals surface area contributed by atoms with Crippen molar-refractivity contribution in [3.8, 4) is 17.2 Å². The zero-order chi connectivity index (χ0) is 27.8. The summed E-state index contributed by atoms with van der Waals surface area (Å²) in [5.74, 6) is -1.57. The molecule has 204 valence electrons. The second-order valence-electron chi connectivity index (χ2n) is 10.0. The number of hydrogen-bond donors (Lipinski definition) is 0. The van der Waals surface area contributed by atoms with Gasteiger partial charge in [-0.2, -0.15) is 0 Å². The van der Waals surface area contributed by atoms with Crippen molar-refractivity contribution >= 4 is 23.2 Å². The van der Waals surface area contributed by atoms with Gasteiger partial charge in [-0.1, -0.05) is 19.1 Å². The lowest BCUT2D eigenvalue weighted by molar-refractivity contribution is -0.385. The molecule has 0 aromatic heterocycles. The van der Waals surface area contributed by atoms with E-state index in [1.165, 1.54) is 12.1 Å². The largest absolute Gasteiger partial charge is 0.497 e. The lowest BCUT2D eigenvalue weighted by Crippen LogP contribution is -2.39. The monoisotopic (exact) mass is 534 g/mol. The summed E-state index contributed by atoms with van der Waals surface area (Å²) in [6.07, 6.45) is 0.864. The fraction of sp³-hybridized carbons (Fsp3) is 0.414. The minimum Gasteiger partial charge on any atom is -0.497 e. The highest BCUT2D eigenvalue weighted by molar-refractivity contribution is 6.09. The molecule has 2 aromatic rings. The molecule has 0 bridgehead atoms. The highest BCUT2D eigenvalue weighted by atomic mass is 16.7. The Morgan fingerprint density at radius 3 is 2.51 bits per heavy atom. The maximum Gasteiger partial charge on any atom is 0.315 e. The van der Waals surface area contributed by atoms with E-state index in [-0.39, 0.29) is 48.0 Å². The van der Waals surface area contributed by atoms with Crippen LogP contribution in [0.2, 0.25) is 0 Å². The topological polar surface area (TPSA) is 127 Å².